The molecule has 6 heteroatoms. The second-order valence-electron chi connectivity index (χ2n) is 5.59. The van der Waals surface area contributed by atoms with Crippen LogP contribution >= 0.6 is 22.7 Å². The number of carbonyl (C=O) groups excluding carboxylic acids is 1. The summed E-state index contributed by atoms with van der Waals surface area (Å²) in [5.41, 5.74) is 1.24. The summed E-state index contributed by atoms with van der Waals surface area (Å²) >= 11 is 3.17. The van der Waals surface area contributed by atoms with E-state index in [2.05, 4.69) is 23.7 Å². The van der Waals surface area contributed by atoms with Gasteiger partial charge in [0, 0.05) is 21.6 Å². The topological polar surface area (TPSA) is 66.4 Å². The highest BCUT2D eigenvalue weighted by molar-refractivity contribution is 7.10. The largest absolute Gasteiger partial charge is 0.481 e. The molecule has 2 aromatic heterocycles. The summed E-state index contributed by atoms with van der Waals surface area (Å²) in [5.74, 6) is -0.653. The van der Waals surface area contributed by atoms with E-state index in [4.69, 9.17) is 5.11 Å². The first-order valence-electron chi connectivity index (χ1n) is 7.16. The molecule has 22 heavy (non-hydrogen) atoms. The second kappa shape index (κ2) is 6.22. The molecule has 3 atom stereocenters. The van der Waals surface area contributed by atoms with E-state index in [1.807, 2.05) is 17.5 Å². The molecule has 0 bridgehead atoms. The molecule has 2 N–H and O–H groups in total. The highest BCUT2D eigenvalue weighted by Crippen LogP contribution is 2.50. The lowest BCUT2D eigenvalue weighted by Crippen LogP contribution is -2.31. The number of carboxylic acid groups (broad SMARTS) is 1. The van der Waals surface area contributed by atoms with Crippen molar-refractivity contribution in [1.82, 2.24) is 5.32 Å². The maximum Gasteiger partial charge on any atom is 0.305 e. The molecule has 1 aliphatic carbocycles. The molecule has 2 aromatic rings. The molecule has 0 saturated heterocycles. The molecule has 3 rings (SSSR count). The van der Waals surface area contributed by atoms with Crippen LogP contribution in [-0.2, 0) is 9.59 Å². The molecule has 116 valence electrons. The van der Waals surface area contributed by atoms with Crippen molar-refractivity contribution in [2.45, 2.75) is 31.7 Å². The first-order chi connectivity index (χ1) is 10.6. The Morgan fingerprint density at radius 2 is 2.18 bits per heavy atom. The Hall–Kier alpha value is -1.66. The monoisotopic (exact) mass is 335 g/mol. The third-order valence-electron chi connectivity index (χ3n) is 3.95. The molecular formula is C16H17NO3S2. The molecule has 1 aliphatic rings. The highest BCUT2D eigenvalue weighted by atomic mass is 32.1. The van der Waals surface area contributed by atoms with Crippen LogP contribution in [-0.4, -0.2) is 17.0 Å². The third-order valence-corrected chi connectivity index (χ3v) is 6.08. The van der Waals surface area contributed by atoms with Crippen LogP contribution in [0.25, 0.3) is 0 Å². The fourth-order valence-corrected chi connectivity index (χ4v) is 4.59. The number of hydrogen-bond donors (Lipinski definition) is 2. The van der Waals surface area contributed by atoms with E-state index >= 15 is 0 Å². The third kappa shape index (κ3) is 3.23. The van der Waals surface area contributed by atoms with Crippen molar-refractivity contribution in [2.75, 3.05) is 0 Å². The summed E-state index contributed by atoms with van der Waals surface area (Å²) in [6.07, 6.45) is 0.777. The fourth-order valence-electron chi connectivity index (χ4n) is 2.70. The van der Waals surface area contributed by atoms with Gasteiger partial charge in [0.15, 0.2) is 0 Å². The summed E-state index contributed by atoms with van der Waals surface area (Å²) in [6, 6.07) is 5.38. The van der Waals surface area contributed by atoms with Crippen LogP contribution in [0.5, 0.6) is 0 Å². The number of nitrogens with one attached hydrogen (secondary N) is 1. The molecule has 3 unspecified atom stereocenters. The Morgan fingerprint density at radius 1 is 1.36 bits per heavy atom. The zero-order valence-electron chi connectivity index (χ0n) is 12.1. The molecule has 0 spiro atoms. The Morgan fingerprint density at radius 3 is 2.77 bits per heavy atom. The number of carboxylic acids is 1. The van der Waals surface area contributed by atoms with E-state index in [1.54, 1.807) is 11.3 Å². The van der Waals surface area contributed by atoms with E-state index in [0.717, 1.165) is 11.3 Å². The van der Waals surface area contributed by atoms with Gasteiger partial charge in [0.1, 0.15) is 0 Å². The van der Waals surface area contributed by atoms with Gasteiger partial charge in [-0.25, -0.2) is 0 Å². The lowest BCUT2D eigenvalue weighted by Gasteiger charge is -2.15. The van der Waals surface area contributed by atoms with Crippen LogP contribution in [0.3, 0.4) is 0 Å². The van der Waals surface area contributed by atoms with Gasteiger partial charge in [-0.1, -0.05) is 6.07 Å². The van der Waals surface area contributed by atoms with Crippen molar-refractivity contribution in [3.63, 3.8) is 0 Å². The fraction of sp³-hybridized carbons (Fsp3) is 0.375. The summed E-state index contributed by atoms with van der Waals surface area (Å²) < 4.78 is 0. The minimum absolute atomic E-state index is 0.0198. The summed E-state index contributed by atoms with van der Waals surface area (Å²) in [7, 11) is 0. The molecule has 1 amide bonds. The number of carbonyl (C=O) groups is 2. The Balaban J connectivity index is 1.65. The van der Waals surface area contributed by atoms with Gasteiger partial charge in [-0.05, 0) is 41.8 Å². The predicted octanol–water partition coefficient (Wildman–Crippen LogP) is 3.55. The Bertz CT molecular complexity index is 677. The van der Waals surface area contributed by atoms with E-state index in [9.17, 15) is 9.59 Å². The molecule has 0 aromatic carbocycles. The summed E-state index contributed by atoms with van der Waals surface area (Å²) in [5, 5.41) is 15.9. The first kappa shape index (κ1) is 15.2. The van der Waals surface area contributed by atoms with Crippen LogP contribution in [0.2, 0.25) is 0 Å². The van der Waals surface area contributed by atoms with E-state index in [1.165, 1.54) is 21.8 Å². The lowest BCUT2D eigenvalue weighted by atomic mass is 10.1. The molecule has 0 aliphatic heterocycles. The number of hydrogen-bond acceptors (Lipinski definition) is 4. The maximum absolute atomic E-state index is 12.4. The van der Waals surface area contributed by atoms with Crippen molar-refractivity contribution >= 4 is 34.6 Å². The zero-order chi connectivity index (χ0) is 15.7. The highest BCUT2D eigenvalue weighted by Gasteiger charge is 2.45. The molecule has 0 radical (unpaired) electrons. The van der Waals surface area contributed by atoms with E-state index < -0.39 is 12.0 Å². The van der Waals surface area contributed by atoms with Gasteiger partial charge in [-0.3, -0.25) is 9.59 Å². The van der Waals surface area contributed by atoms with Crippen LogP contribution in [0.4, 0.5) is 0 Å². The number of rotatable bonds is 6. The maximum atomic E-state index is 12.4. The quantitative estimate of drug-likeness (QED) is 0.848. The molecule has 2 heterocycles. The minimum atomic E-state index is -0.903. The van der Waals surface area contributed by atoms with Crippen molar-refractivity contribution in [3.05, 3.63) is 44.3 Å². The van der Waals surface area contributed by atoms with Gasteiger partial charge in [0.2, 0.25) is 5.91 Å². The second-order valence-corrected chi connectivity index (χ2v) is 7.52. The van der Waals surface area contributed by atoms with Crippen molar-refractivity contribution in [3.8, 4) is 0 Å². The zero-order valence-corrected chi connectivity index (χ0v) is 13.7. The number of amides is 1. The van der Waals surface area contributed by atoms with Gasteiger partial charge < -0.3 is 10.4 Å². The molecule has 1 saturated carbocycles. The van der Waals surface area contributed by atoms with Gasteiger partial charge >= 0.3 is 5.97 Å². The molecular weight excluding hydrogens is 318 g/mol. The predicted molar refractivity (Wildman–Crippen MR) is 87.4 cm³/mol. The normalized spacial score (nSPS) is 21.3. The van der Waals surface area contributed by atoms with Crippen LogP contribution in [0, 0.1) is 12.8 Å². The van der Waals surface area contributed by atoms with Gasteiger partial charge in [0.05, 0.1) is 12.5 Å². The lowest BCUT2D eigenvalue weighted by molar-refractivity contribution is -0.137. The molecule has 1 fully saturated rings. The standard InChI is InChI=1S/C16H17NO3S2/c1-9-4-6-22-15(9)10-7-11(10)16(20)17-12(8-14(18)19)13-3-2-5-21-13/h2-6,10-12H,7-8H2,1H3,(H,17,20)(H,18,19). The van der Waals surface area contributed by atoms with Crippen molar-refractivity contribution in [2.24, 2.45) is 5.92 Å². The van der Waals surface area contributed by atoms with Crippen molar-refractivity contribution < 1.29 is 14.7 Å². The van der Waals surface area contributed by atoms with Gasteiger partial charge in [-0.15, -0.1) is 22.7 Å². The first-order valence-corrected chi connectivity index (χ1v) is 8.91. The van der Waals surface area contributed by atoms with E-state index in [-0.39, 0.29) is 18.2 Å². The average Bonchev–Trinajstić information content (AvgIpc) is 2.86. The van der Waals surface area contributed by atoms with Crippen LogP contribution in [0.1, 0.15) is 40.1 Å². The Labute approximate surface area is 136 Å². The van der Waals surface area contributed by atoms with Crippen molar-refractivity contribution in [1.29, 1.82) is 0 Å². The SMILES string of the molecule is Cc1ccsc1C1CC1C(=O)NC(CC(=O)O)c1cccs1. The Kier molecular flexibility index (Phi) is 4.31. The smallest absolute Gasteiger partial charge is 0.305 e. The summed E-state index contributed by atoms with van der Waals surface area (Å²) in [4.78, 5) is 25.6. The van der Waals surface area contributed by atoms with Gasteiger partial charge in [-0.2, -0.15) is 0 Å². The van der Waals surface area contributed by atoms with E-state index in [0.29, 0.717) is 5.92 Å². The van der Waals surface area contributed by atoms with Gasteiger partial charge in [0.25, 0.3) is 0 Å². The average molecular weight is 335 g/mol. The molecule has 4 nitrogen and oxygen atoms in total. The summed E-state index contributed by atoms with van der Waals surface area (Å²) in [6.45, 7) is 2.07. The number of aliphatic carboxylic acids is 1. The minimum Gasteiger partial charge on any atom is -0.481 e. The van der Waals surface area contributed by atoms with Crippen LogP contribution in [0.15, 0.2) is 29.0 Å². The number of thiophene rings is 2. The van der Waals surface area contributed by atoms with Crippen LogP contribution < -0.4 is 5.32 Å². The number of aryl methyl sites for hydroxylation is 1.